The number of carbonyl (C=O) groups excluding carboxylic acids is 2. The highest BCUT2D eigenvalue weighted by molar-refractivity contribution is 5.81. The molecule has 0 fully saturated rings. The Morgan fingerprint density at radius 3 is 1.42 bits per heavy atom. The average Bonchev–Trinajstić information content (AvgIpc) is 2.22. The van der Waals surface area contributed by atoms with Gasteiger partial charge in [0.05, 0.1) is 0 Å². The van der Waals surface area contributed by atoms with Crippen molar-refractivity contribution >= 4 is 11.8 Å². The van der Waals surface area contributed by atoms with Gasteiger partial charge >= 0.3 is 0 Å². The van der Waals surface area contributed by atoms with Crippen molar-refractivity contribution in [2.24, 2.45) is 16.7 Å². The van der Waals surface area contributed by atoms with Crippen molar-refractivity contribution in [3.05, 3.63) is 0 Å². The van der Waals surface area contributed by atoms with Crippen LogP contribution in [0.3, 0.4) is 0 Å². The van der Waals surface area contributed by atoms with E-state index in [1.54, 1.807) is 7.05 Å². The fraction of sp³-hybridized carbons (Fsp3) is 0.867. The Bertz CT molecular complexity index is 284. The Morgan fingerprint density at radius 1 is 0.895 bits per heavy atom. The lowest BCUT2D eigenvalue weighted by Crippen LogP contribution is -2.36. The highest BCUT2D eigenvalue weighted by Crippen LogP contribution is 2.12. The zero-order valence-electron chi connectivity index (χ0n) is 14.1. The third-order valence-corrected chi connectivity index (χ3v) is 2.26. The van der Waals surface area contributed by atoms with Gasteiger partial charge < -0.3 is 10.6 Å². The predicted octanol–water partition coefficient (Wildman–Crippen LogP) is 2.58. The lowest BCUT2D eigenvalue weighted by atomic mass is 9.95. The van der Waals surface area contributed by atoms with Gasteiger partial charge in [0.1, 0.15) is 0 Å². The summed E-state index contributed by atoms with van der Waals surface area (Å²) in [5, 5.41) is 5.45. The molecule has 0 saturated carbocycles. The van der Waals surface area contributed by atoms with Crippen molar-refractivity contribution in [1.29, 1.82) is 0 Å². The van der Waals surface area contributed by atoms with Gasteiger partial charge in [-0.05, 0) is 5.92 Å². The normalized spacial score (nSPS) is 11.5. The second-order valence-electron chi connectivity index (χ2n) is 7.18. The molecule has 114 valence electrons. The van der Waals surface area contributed by atoms with Crippen LogP contribution in [0.15, 0.2) is 0 Å². The standard InChI is InChI=1S/C9H19NO.C6H13NO/c1-7(2)6-10-8(11)9(3,4)5;1-6(2,3)5(8)7-4/h7H,6H2,1-5H3,(H,10,11);1-4H3,(H,7,8). The molecule has 0 spiro atoms. The highest BCUT2D eigenvalue weighted by atomic mass is 16.2. The quantitative estimate of drug-likeness (QED) is 0.811. The van der Waals surface area contributed by atoms with Gasteiger partial charge in [0.25, 0.3) is 0 Å². The predicted molar refractivity (Wildman–Crippen MR) is 80.8 cm³/mol. The van der Waals surface area contributed by atoms with Crippen LogP contribution in [-0.2, 0) is 9.59 Å². The Morgan fingerprint density at radius 2 is 1.26 bits per heavy atom. The lowest BCUT2D eigenvalue weighted by Gasteiger charge is -2.18. The number of carbonyl (C=O) groups is 2. The first-order valence-electron chi connectivity index (χ1n) is 6.82. The highest BCUT2D eigenvalue weighted by Gasteiger charge is 2.20. The third-order valence-electron chi connectivity index (χ3n) is 2.26. The minimum atomic E-state index is -0.255. The molecule has 0 unspecified atom stereocenters. The summed E-state index contributed by atoms with van der Waals surface area (Å²) in [6.07, 6.45) is 0. The Kier molecular flexibility index (Phi) is 8.72. The van der Waals surface area contributed by atoms with Crippen LogP contribution in [0.4, 0.5) is 0 Å². The number of nitrogens with one attached hydrogen (secondary N) is 2. The Balaban J connectivity index is 0. The topological polar surface area (TPSA) is 58.2 Å². The third kappa shape index (κ3) is 11.7. The van der Waals surface area contributed by atoms with Crippen LogP contribution in [0.25, 0.3) is 0 Å². The number of hydrogen-bond donors (Lipinski definition) is 2. The molecule has 0 aromatic carbocycles. The molecule has 0 atom stereocenters. The molecule has 4 nitrogen and oxygen atoms in total. The molecule has 4 heteroatoms. The van der Waals surface area contributed by atoms with Gasteiger partial charge in [-0.2, -0.15) is 0 Å². The fourth-order valence-corrected chi connectivity index (χ4v) is 0.937. The summed E-state index contributed by atoms with van der Waals surface area (Å²) >= 11 is 0. The molecule has 0 aliphatic carbocycles. The van der Waals surface area contributed by atoms with Crippen LogP contribution in [0, 0.1) is 16.7 Å². The maximum Gasteiger partial charge on any atom is 0.225 e. The molecule has 2 N–H and O–H groups in total. The van der Waals surface area contributed by atoms with Crippen LogP contribution < -0.4 is 10.6 Å². The first kappa shape index (κ1) is 20.3. The molecular weight excluding hydrogens is 240 g/mol. The van der Waals surface area contributed by atoms with E-state index < -0.39 is 0 Å². The molecule has 0 rings (SSSR count). The summed E-state index contributed by atoms with van der Waals surface area (Å²) in [4.78, 5) is 22.0. The monoisotopic (exact) mass is 272 g/mol. The number of hydrogen-bond acceptors (Lipinski definition) is 2. The van der Waals surface area contributed by atoms with Crippen LogP contribution in [-0.4, -0.2) is 25.4 Å². The van der Waals surface area contributed by atoms with Gasteiger partial charge in [-0.3, -0.25) is 9.59 Å². The van der Waals surface area contributed by atoms with Crippen molar-refractivity contribution in [2.45, 2.75) is 55.4 Å². The molecule has 0 bridgehead atoms. The fourth-order valence-electron chi connectivity index (χ4n) is 0.937. The SMILES string of the molecule is CC(C)CNC(=O)C(C)(C)C.CNC(=O)C(C)(C)C. The van der Waals surface area contributed by atoms with Gasteiger partial charge in [-0.15, -0.1) is 0 Å². The van der Waals surface area contributed by atoms with E-state index in [1.807, 2.05) is 41.5 Å². The van der Waals surface area contributed by atoms with Crippen molar-refractivity contribution in [2.75, 3.05) is 13.6 Å². The molecule has 2 amide bonds. The van der Waals surface area contributed by atoms with E-state index in [4.69, 9.17) is 0 Å². The lowest BCUT2D eigenvalue weighted by molar-refractivity contribution is -0.129. The van der Waals surface area contributed by atoms with Gasteiger partial charge in [0.15, 0.2) is 0 Å². The summed E-state index contributed by atoms with van der Waals surface area (Å²) in [7, 11) is 1.65. The molecular formula is C15H32N2O2. The van der Waals surface area contributed by atoms with Gasteiger partial charge in [-0.25, -0.2) is 0 Å². The summed E-state index contributed by atoms with van der Waals surface area (Å²) in [6.45, 7) is 16.3. The first-order chi connectivity index (χ1) is 8.32. The molecule has 19 heavy (non-hydrogen) atoms. The molecule has 0 aromatic rings. The Labute approximate surface area is 118 Å². The zero-order valence-corrected chi connectivity index (χ0v) is 14.1. The van der Waals surface area contributed by atoms with Crippen molar-refractivity contribution in [1.82, 2.24) is 10.6 Å². The van der Waals surface area contributed by atoms with E-state index in [0.29, 0.717) is 5.92 Å². The first-order valence-corrected chi connectivity index (χ1v) is 6.82. The molecule has 0 radical (unpaired) electrons. The van der Waals surface area contributed by atoms with E-state index in [9.17, 15) is 9.59 Å². The van der Waals surface area contributed by atoms with Gasteiger partial charge in [0.2, 0.25) is 11.8 Å². The average molecular weight is 272 g/mol. The summed E-state index contributed by atoms with van der Waals surface area (Å²) in [5.74, 6) is 0.741. The largest absolute Gasteiger partial charge is 0.359 e. The van der Waals surface area contributed by atoms with E-state index in [2.05, 4.69) is 24.5 Å². The molecule has 0 aromatic heterocycles. The number of amides is 2. The van der Waals surface area contributed by atoms with E-state index in [-0.39, 0.29) is 22.6 Å². The zero-order chi connectivity index (χ0) is 15.9. The summed E-state index contributed by atoms with van der Waals surface area (Å²) < 4.78 is 0. The molecule has 0 aliphatic heterocycles. The second kappa shape index (κ2) is 8.18. The molecule has 0 heterocycles. The van der Waals surface area contributed by atoms with E-state index in [0.717, 1.165) is 6.54 Å². The minimum Gasteiger partial charge on any atom is -0.359 e. The van der Waals surface area contributed by atoms with Crippen molar-refractivity contribution in [3.63, 3.8) is 0 Å². The molecule has 0 aliphatic rings. The van der Waals surface area contributed by atoms with Gasteiger partial charge in [0, 0.05) is 24.4 Å². The smallest absolute Gasteiger partial charge is 0.225 e. The molecule has 0 saturated heterocycles. The second-order valence-corrected chi connectivity index (χ2v) is 7.18. The Hall–Kier alpha value is -1.06. The van der Waals surface area contributed by atoms with Gasteiger partial charge in [-0.1, -0.05) is 55.4 Å². The summed E-state index contributed by atoms with van der Waals surface area (Å²) in [6, 6.07) is 0. The van der Waals surface area contributed by atoms with E-state index >= 15 is 0 Å². The minimum absolute atomic E-state index is 0.0810. The van der Waals surface area contributed by atoms with Crippen LogP contribution >= 0.6 is 0 Å². The van der Waals surface area contributed by atoms with Crippen molar-refractivity contribution in [3.8, 4) is 0 Å². The van der Waals surface area contributed by atoms with Crippen LogP contribution in [0.2, 0.25) is 0 Å². The van der Waals surface area contributed by atoms with Crippen LogP contribution in [0.1, 0.15) is 55.4 Å². The maximum atomic E-state index is 11.3. The van der Waals surface area contributed by atoms with E-state index in [1.165, 1.54) is 0 Å². The summed E-state index contributed by atoms with van der Waals surface area (Å²) in [5.41, 5.74) is -0.496. The van der Waals surface area contributed by atoms with Crippen molar-refractivity contribution < 1.29 is 9.59 Å². The maximum absolute atomic E-state index is 11.3. The van der Waals surface area contributed by atoms with Crippen LogP contribution in [0.5, 0.6) is 0 Å². The number of rotatable bonds is 2.